The third-order valence-electron chi connectivity index (χ3n) is 3.64. The Hall–Kier alpha value is -2.16. The number of aliphatic hydroxyl groups excluding tert-OH is 2. The first-order chi connectivity index (χ1) is 11.3. The van der Waals surface area contributed by atoms with Gasteiger partial charge in [-0.15, -0.1) is 0 Å². The van der Waals surface area contributed by atoms with Crippen LogP contribution in [-0.4, -0.2) is 58.3 Å². The molecule has 0 bridgehead atoms. The molecule has 132 valence electrons. The van der Waals surface area contributed by atoms with Crippen molar-refractivity contribution in [1.82, 2.24) is 0 Å². The fourth-order valence-corrected chi connectivity index (χ4v) is 2.59. The summed E-state index contributed by atoms with van der Waals surface area (Å²) >= 11 is 0. The van der Waals surface area contributed by atoms with Crippen molar-refractivity contribution in [1.29, 1.82) is 0 Å². The van der Waals surface area contributed by atoms with Gasteiger partial charge in [0.05, 0.1) is 0 Å². The molecule has 0 aromatic heterocycles. The van der Waals surface area contributed by atoms with E-state index in [1.807, 2.05) is 0 Å². The van der Waals surface area contributed by atoms with Gasteiger partial charge in [0.1, 0.15) is 36.8 Å². The second kappa shape index (κ2) is 7.61. The van der Waals surface area contributed by atoms with Crippen molar-refractivity contribution in [2.75, 3.05) is 6.61 Å². The lowest BCUT2D eigenvalue weighted by Gasteiger charge is -2.42. The number of aliphatic hydroxyl groups is 2. The van der Waals surface area contributed by atoms with Crippen LogP contribution in [0.5, 0.6) is 5.75 Å². The smallest absolute Gasteiger partial charge is 0.303 e. The summed E-state index contributed by atoms with van der Waals surface area (Å²) in [6, 6.07) is 6.00. The lowest BCUT2D eigenvalue weighted by atomic mass is 9.91. The molecule has 8 nitrogen and oxygen atoms in total. The van der Waals surface area contributed by atoms with Crippen molar-refractivity contribution in [3.8, 4) is 5.75 Å². The number of hydrogen-bond acceptors (Lipinski definition) is 8. The van der Waals surface area contributed by atoms with Crippen molar-refractivity contribution in [2.45, 2.75) is 44.4 Å². The number of phenolic OH excluding ortho intramolecular Hbond substituents is 1. The minimum atomic E-state index is -1.45. The van der Waals surface area contributed by atoms with Gasteiger partial charge in [0.2, 0.25) is 0 Å². The topological polar surface area (TPSA) is 123 Å². The van der Waals surface area contributed by atoms with E-state index in [9.17, 15) is 24.9 Å². The second-order valence-corrected chi connectivity index (χ2v) is 5.55. The summed E-state index contributed by atoms with van der Waals surface area (Å²) in [6.07, 6.45) is -5.99. The van der Waals surface area contributed by atoms with Crippen LogP contribution in [0.4, 0.5) is 0 Å². The highest BCUT2D eigenvalue weighted by molar-refractivity contribution is 5.66. The van der Waals surface area contributed by atoms with Crippen LogP contribution in [0, 0.1) is 0 Å². The fourth-order valence-electron chi connectivity index (χ4n) is 2.59. The minimum Gasteiger partial charge on any atom is -0.508 e. The van der Waals surface area contributed by atoms with Gasteiger partial charge >= 0.3 is 11.9 Å². The monoisotopic (exact) mass is 340 g/mol. The summed E-state index contributed by atoms with van der Waals surface area (Å²) in [5.41, 5.74) is 0.427. The number of phenols is 1. The first-order valence-electron chi connectivity index (χ1n) is 7.40. The van der Waals surface area contributed by atoms with Crippen LogP contribution >= 0.6 is 0 Å². The number of hydrogen-bond donors (Lipinski definition) is 3. The lowest BCUT2D eigenvalue weighted by molar-refractivity contribution is -0.242. The Morgan fingerprint density at radius 1 is 1.17 bits per heavy atom. The van der Waals surface area contributed by atoms with Gasteiger partial charge in [-0.1, -0.05) is 12.1 Å². The van der Waals surface area contributed by atoms with Gasteiger partial charge in [-0.25, -0.2) is 0 Å². The predicted octanol–water partition coefficient (Wildman–Crippen LogP) is 0.0487. The molecule has 1 saturated heterocycles. The van der Waals surface area contributed by atoms with Gasteiger partial charge in [0, 0.05) is 13.8 Å². The molecule has 1 aromatic carbocycles. The van der Waals surface area contributed by atoms with E-state index in [0.717, 1.165) is 6.92 Å². The van der Waals surface area contributed by atoms with Crippen LogP contribution in [-0.2, 0) is 23.8 Å². The van der Waals surface area contributed by atoms with Crippen molar-refractivity contribution in [3.05, 3.63) is 29.8 Å². The van der Waals surface area contributed by atoms with Crippen LogP contribution in [0.15, 0.2) is 24.3 Å². The number of benzene rings is 1. The van der Waals surface area contributed by atoms with Crippen molar-refractivity contribution in [3.63, 3.8) is 0 Å². The molecule has 24 heavy (non-hydrogen) atoms. The summed E-state index contributed by atoms with van der Waals surface area (Å²) in [5.74, 6) is -1.26. The molecule has 2 rings (SSSR count). The van der Waals surface area contributed by atoms with E-state index in [-0.39, 0.29) is 12.4 Å². The number of aromatic hydroxyl groups is 1. The molecule has 3 N–H and O–H groups in total. The Labute approximate surface area is 138 Å². The van der Waals surface area contributed by atoms with E-state index in [4.69, 9.17) is 14.2 Å². The van der Waals surface area contributed by atoms with Gasteiger partial charge in [0.25, 0.3) is 0 Å². The molecule has 0 amide bonds. The molecule has 5 atom stereocenters. The highest BCUT2D eigenvalue weighted by Gasteiger charge is 2.47. The highest BCUT2D eigenvalue weighted by atomic mass is 16.6. The first kappa shape index (κ1) is 18.2. The fraction of sp³-hybridized carbons (Fsp3) is 0.500. The summed E-state index contributed by atoms with van der Waals surface area (Å²) in [4.78, 5) is 22.3. The summed E-state index contributed by atoms with van der Waals surface area (Å²) in [7, 11) is 0. The molecule has 0 aliphatic carbocycles. The molecule has 1 aromatic rings. The normalized spacial score (nSPS) is 29.8. The molecule has 1 fully saturated rings. The zero-order chi connectivity index (χ0) is 17.9. The third kappa shape index (κ3) is 4.22. The molecule has 0 saturated carbocycles. The van der Waals surface area contributed by atoms with Crippen molar-refractivity contribution < 1.29 is 39.1 Å². The summed E-state index contributed by atoms with van der Waals surface area (Å²) < 4.78 is 15.6. The molecule has 8 heteroatoms. The molecule has 1 aliphatic rings. The standard InChI is InChI=1S/C16H20O8/c1-8(17)22-7-12-16(23-9(2)18)14(21)13(20)15(24-12)10-4-3-5-11(19)6-10/h3-6,12-16,19-21H,7H2,1-2H3/t12?,13?,14?,15-,16-/m1/s1. The average Bonchev–Trinajstić information content (AvgIpc) is 2.50. The molecule has 3 unspecified atom stereocenters. The number of carbonyl (C=O) groups excluding carboxylic acids is 2. The first-order valence-corrected chi connectivity index (χ1v) is 7.40. The zero-order valence-corrected chi connectivity index (χ0v) is 13.3. The molecule has 1 heterocycles. The van der Waals surface area contributed by atoms with E-state index < -0.39 is 42.5 Å². The van der Waals surface area contributed by atoms with Crippen LogP contribution in [0.25, 0.3) is 0 Å². The Kier molecular flexibility index (Phi) is 5.76. The highest BCUT2D eigenvalue weighted by Crippen LogP contribution is 2.34. The van der Waals surface area contributed by atoms with Crippen LogP contribution in [0.3, 0.4) is 0 Å². The number of carbonyl (C=O) groups is 2. The Morgan fingerprint density at radius 3 is 2.46 bits per heavy atom. The molecular formula is C16H20O8. The summed E-state index contributed by atoms with van der Waals surface area (Å²) in [6.45, 7) is 2.11. The second-order valence-electron chi connectivity index (χ2n) is 5.55. The van der Waals surface area contributed by atoms with Gasteiger partial charge in [-0.2, -0.15) is 0 Å². The zero-order valence-electron chi connectivity index (χ0n) is 13.3. The van der Waals surface area contributed by atoms with Crippen LogP contribution in [0.2, 0.25) is 0 Å². The largest absolute Gasteiger partial charge is 0.508 e. The number of rotatable bonds is 4. The van der Waals surface area contributed by atoms with Crippen molar-refractivity contribution in [2.24, 2.45) is 0 Å². The van der Waals surface area contributed by atoms with Gasteiger partial charge in [-0.05, 0) is 17.7 Å². The third-order valence-corrected chi connectivity index (χ3v) is 3.64. The van der Waals surface area contributed by atoms with Gasteiger partial charge in [-0.3, -0.25) is 9.59 Å². The Morgan fingerprint density at radius 2 is 1.88 bits per heavy atom. The van der Waals surface area contributed by atoms with Crippen molar-refractivity contribution >= 4 is 11.9 Å². The van der Waals surface area contributed by atoms with E-state index >= 15 is 0 Å². The quantitative estimate of drug-likeness (QED) is 0.657. The van der Waals surface area contributed by atoms with Crippen LogP contribution in [0.1, 0.15) is 25.5 Å². The average molecular weight is 340 g/mol. The number of ether oxygens (including phenoxy) is 3. The molecule has 0 spiro atoms. The Balaban J connectivity index is 2.26. The Bertz CT molecular complexity index is 601. The lowest BCUT2D eigenvalue weighted by Crippen LogP contribution is -2.57. The SMILES string of the molecule is CC(=O)OCC1O[C@H](c2cccc(O)c2)C(O)C(O)[C@@H]1OC(C)=O. The maximum atomic E-state index is 11.2. The molecule has 0 radical (unpaired) electrons. The summed E-state index contributed by atoms with van der Waals surface area (Å²) in [5, 5.41) is 30.2. The van der Waals surface area contributed by atoms with Crippen LogP contribution < -0.4 is 0 Å². The predicted molar refractivity (Wildman–Crippen MR) is 79.9 cm³/mol. The van der Waals surface area contributed by atoms with E-state index in [2.05, 4.69) is 0 Å². The van der Waals surface area contributed by atoms with Gasteiger partial charge < -0.3 is 29.5 Å². The maximum Gasteiger partial charge on any atom is 0.303 e. The van der Waals surface area contributed by atoms with E-state index in [1.165, 1.54) is 19.1 Å². The van der Waals surface area contributed by atoms with E-state index in [1.54, 1.807) is 12.1 Å². The van der Waals surface area contributed by atoms with E-state index in [0.29, 0.717) is 5.56 Å². The molecular weight excluding hydrogens is 320 g/mol. The van der Waals surface area contributed by atoms with Gasteiger partial charge in [0.15, 0.2) is 6.10 Å². The minimum absolute atomic E-state index is 0.0311. The maximum absolute atomic E-state index is 11.2. The number of esters is 2. The molecule has 1 aliphatic heterocycles.